The van der Waals surface area contributed by atoms with Crippen LogP contribution < -0.4 is 0 Å². The predicted molar refractivity (Wildman–Crippen MR) is 97.2 cm³/mol. The zero-order valence-electron chi connectivity index (χ0n) is 13.9. The van der Waals surface area contributed by atoms with E-state index in [0.29, 0.717) is 9.49 Å². The van der Waals surface area contributed by atoms with Crippen molar-refractivity contribution in [3.63, 3.8) is 0 Å². The molecular formula is C19H32S2. The van der Waals surface area contributed by atoms with Gasteiger partial charge in [-0.3, -0.25) is 0 Å². The van der Waals surface area contributed by atoms with Gasteiger partial charge in [-0.05, 0) is 69.6 Å². The highest BCUT2D eigenvalue weighted by molar-refractivity contribution is 8.08. The Morgan fingerprint density at radius 1 is 0.667 bits per heavy atom. The minimum atomic E-state index is 0.709. The minimum Gasteiger partial charge on any atom is -0.153 e. The molecule has 0 bridgehead atoms. The molecule has 2 heterocycles. The Bertz CT molecular complexity index is 331. The molecule has 0 aromatic carbocycles. The largest absolute Gasteiger partial charge is 0.153 e. The van der Waals surface area contributed by atoms with E-state index in [4.69, 9.17) is 0 Å². The third-order valence-electron chi connectivity index (χ3n) is 7.29. The second-order valence-electron chi connectivity index (χ2n) is 8.87. The summed E-state index contributed by atoms with van der Waals surface area (Å²) in [6.07, 6.45) is 13.9. The average Bonchev–Trinajstić information content (AvgIpc) is 3.41. The summed E-state index contributed by atoms with van der Waals surface area (Å²) in [7, 11) is 0. The summed E-state index contributed by atoms with van der Waals surface area (Å²) < 4.78 is 1.42. The topological polar surface area (TPSA) is 0 Å². The first-order chi connectivity index (χ1) is 10.1. The summed E-state index contributed by atoms with van der Waals surface area (Å²) in [4.78, 5) is 0. The first kappa shape index (κ1) is 15.2. The van der Waals surface area contributed by atoms with Gasteiger partial charge in [0.15, 0.2) is 0 Å². The number of rotatable bonds is 4. The van der Waals surface area contributed by atoms with Gasteiger partial charge in [0.1, 0.15) is 0 Å². The first-order valence-corrected chi connectivity index (χ1v) is 11.3. The highest BCUT2D eigenvalue weighted by atomic mass is 32.2. The minimum absolute atomic E-state index is 0.709. The second kappa shape index (κ2) is 5.65. The quantitative estimate of drug-likeness (QED) is 0.582. The molecule has 0 nitrogen and oxygen atoms in total. The zero-order chi connectivity index (χ0) is 14.5. The molecule has 4 rings (SSSR count). The molecule has 4 fully saturated rings. The monoisotopic (exact) mass is 324 g/mol. The lowest BCUT2D eigenvalue weighted by Gasteiger charge is -2.36. The SMILES string of the molecule is CC1(C2CCC(CC3CCC(C4(C)CS4)CC3)CC2)CS1. The van der Waals surface area contributed by atoms with Crippen LogP contribution in [-0.4, -0.2) is 21.0 Å². The van der Waals surface area contributed by atoms with Crippen molar-refractivity contribution in [2.75, 3.05) is 11.5 Å². The van der Waals surface area contributed by atoms with Crippen LogP contribution in [0.3, 0.4) is 0 Å². The van der Waals surface area contributed by atoms with Gasteiger partial charge in [0.2, 0.25) is 0 Å². The predicted octanol–water partition coefficient (Wildman–Crippen LogP) is 6.00. The third kappa shape index (κ3) is 3.32. The Morgan fingerprint density at radius 3 is 1.29 bits per heavy atom. The standard InChI is InChI=1S/C19H32S2/c1-18(12-20-18)16-7-3-14(4-8-16)11-15-5-9-17(10-6-15)19(2)13-21-19/h14-17H,3-13H2,1-2H3. The van der Waals surface area contributed by atoms with Gasteiger partial charge < -0.3 is 0 Å². The number of thioether (sulfide) groups is 2. The maximum atomic E-state index is 2.51. The summed E-state index contributed by atoms with van der Waals surface area (Å²) in [5.74, 6) is 7.18. The summed E-state index contributed by atoms with van der Waals surface area (Å²) in [6, 6.07) is 0. The Hall–Kier alpha value is 0.700. The molecule has 0 amide bonds. The van der Waals surface area contributed by atoms with Crippen LogP contribution in [0.25, 0.3) is 0 Å². The lowest BCUT2D eigenvalue weighted by Crippen LogP contribution is -2.28. The van der Waals surface area contributed by atoms with Gasteiger partial charge >= 0.3 is 0 Å². The van der Waals surface area contributed by atoms with Crippen LogP contribution in [0.1, 0.15) is 71.6 Å². The first-order valence-electron chi connectivity index (χ1n) is 9.35. The molecule has 0 radical (unpaired) electrons. The average molecular weight is 325 g/mol. The number of hydrogen-bond acceptors (Lipinski definition) is 2. The molecular weight excluding hydrogens is 292 g/mol. The van der Waals surface area contributed by atoms with E-state index in [0.717, 1.165) is 23.7 Å². The van der Waals surface area contributed by atoms with Crippen molar-refractivity contribution in [1.29, 1.82) is 0 Å². The molecule has 2 aliphatic heterocycles. The fourth-order valence-electron chi connectivity index (χ4n) is 5.19. The van der Waals surface area contributed by atoms with Crippen molar-refractivity contribution in [2.45, 2.75) is 81.1 Å². The summed E-state index contributed by atoms with van der Waals surface area (Å²) in [6.45, 7) is 5.03. The third-order valence-corrected chi connectivity index (χ3v) is 10.4. The molecule has 2 aliphatic carbocycles. The van der Waals surface area contributed by atoms with Crippen molar-refractivity contribution in [3.8, 4) is 0 Å². The zero-order valence-corrected chi connectivity index (χ0v) is 15.5. The smallest absolute Gasteiger partial charge is 0.0251 e. The Kier molecular flexibility index (Phi) is 4.10. The van der Waals surface area contributed by atoms with Crippen LogP contribution in [0.5, 0.6) is 0 Å². The lowest BCUT2D eigenvalue weighted by atomic mass is 9.70. The molecule has 2 atom stereocenters. The van der Waals surface area contributed by atoms with Crippen molar-refractivity contribution in [1.82, 2.24) is 0 Å². The molecule has 0 aromatic heterocycles. The van der Waals surface area contributed by atoms with Crippen molar-refractivity contribution in [2.24, 2.45) is 23.7 Å². The van der Waals surface area contributed by atoms with Crippen LogP contribution in [0.15, 0.2) is 0 Å². The van der Waals surface area contributed by atoms with Crippen LogP contribution in [0.4, 0.5) is 0 Å². The van der Waals surface area contributed by atoms with Crippen molar-refractivity contribution >= 4 is 23.5 Å². The van der Waals surface area contributed by atoms with Crippen LogP contribution >= 0.6 is 23.5 Å². The van der Waals surface area contributed by atoms with Crippen LogP contribution in [0, 0.1) is 23.7 Å². The van der Waals surface area contributed by atoms with E-state index >= 15 is 0 Å². The van der Waals surface area contributed by atoms with E-state index < -0.39 is 0 Å². The van der Waals surface area contributed by atoms with E-state index in [-0.39, 0.29) is 0 Å². The van der Waals surface area contributed by atoms with Gasteiger partial charge in [0.25, 0.3) is 0 Å². The molecule has 120 valence electrons. The van der Waals surface area contributed by atoms with Gasteiger partial charge in [-0.15, -0.1) is 0 Å². The molecule has 0 spiro atoms. The Labute approximate surface area is 140 Å². The fraction of sp³-hybridized carbons (Fsp3) is 1.00. The van der Waals surface area contributed by atoms with E-state index in [2.05, 4.69) is 37.4 Å². The number of hydrogen-bond donors (Lipinski definition) is 0. The fourth-order valence-corrected chi connectivity index (χ4v) is 7.06. The molecule has 21 heavy (non-hydrogen) atoms. The maximum absolute atomic E-state index is 2.51. The lowest BCUT2D eigenvalue weighted by molar-refractivity contribution is 0.179. The van der Waals surface area contributed by atoms with E-state index in [1.165, 1.54) is 37.2 Å². The normalized spacial score (nSPS) is 53.4. The van der Waals surface area contributed by atoms with Gasteiger partial charge in [-0.25, -0.2) is 0 Å². The highest BCUT2D eigenvalue weighted by Gasteiger charge is 2.48. The molecule has 2 heteroatoms. The highest BCUT2D eigenvalue weighted by Crippen LogP contribution is 2.57. The Balaban J connectivity index is 1.19. The van der Waals surface area contributed by atoms with E-state index in [9.17, 15) is 0 Å². The second-order valence-corrected chi connectivity index (χ2v) is 11.9. The summed E-state index contributed by atoms with van der Waals surface area (Å²) >= 11 is 4.44. The van der Waals surface area contributed by atoms with Gasteiger partial charge in [-0.2, -0.15) is 23.5 Å². The van der Waals surface area contributed by atoms with Crippen LogP contribution in [-0.2, 0) is 0 Å². The summed E-state index contributed by atoms with van der Waals surface area (Å²) in [5, 5.41) is 0. The molecule has 2 unspecified atom stereocenters. The maximum Gasteiger partial charge on any atom is 0.0251 e. The molecule has 2 saturated carbocycles. The van der Waals surface area contributed by atoms with Crippen molar-refractivity contribution < 1.29 is 0 Å². The molecule has 4 aliphatic rings. The van der Waals surface area contributed by atoms with E-state index in [1.54, 1.807) is 32.1 Å². The molecule has 2 saturated heterocycles. The molecule has 0 N–H and O–H groups in total. The van der Waals surface area contributed by atoms with Gasteiger partial charge in [0, 0.05) is 21.0 Å². The Morgan fingerprint density at radius 2 is 1.00 bits per heavy atom. The van der Waals surface area contributed by atoms with Gasteiger partial charge in [-0.1, -0.05) is 25.7 Å². The van der Waals surface area contributed by atoms with Crippen molar-refractivity contribution in [3.05, 3.63) is 0 Å². The summed E-state index contributed by atoms with van der Waals surface area (Å²) in [5.41, 5.74) is 0. The van der Waals surface area contributed by atoms with Crippen LogP contribution in [0.2, 0.25) is 0 Å². The van der Waals surface area contributed by atoms with E-state index in [1.807, 2.05) is 0 Å². The van der Waals surface area contributed by atoms with Gasteiger partial charge in [0.05, 0.1) is 0 Å². The molecule has 0 aromatic rings.